The molecule has 5 nitrogen and oxygen atoms in total. The van der Waals surface area contributed by atoms with Crippen molar-refractivity contribution < 1.29 is 9.59 Å². The third-order valence-corrected chi connectivity index (χ3v) is 4.73. The van der Waals surface area contributed by atoms with Crippen LogP contribution in [0.2, 0.25) is 0 Å². The number of hydrogen-bond acceptors (Lipinski definition) is 3. The Morgan fingerprint density at radius 3 is 2.61 bits per heavy atom. The van der Waals surface area contributed by atoms with Crippen LogP contribution in [0.25, 0.3) is 0 Å². The third-order valence-electron chi connectivity index (χ3n) is 4.27. The lowest BCUT2D eigenvalue weighted by atomic mass is 9.87. The predicted octanol–water partition coefficient (Wildman–Crippen LogP) is 3.36. The van der Waals surface area contributed by atoms with Crippen LogP contribution in [0.4, 0.5) is 11.4 Å². The number of rotatable bonds is 5. The maximum atomic E-state index is 12.0. The van der Waals surface area contributed by atoms with Gasteiger partial charge in [-0.2, -0.15) is 0 Å². The summed E-state index contributed by atoms with van der Waals surface area (Å²) >= 11 is 3.38. The largest absolute Gasteiger partial charge is 0.397 e. The predicted molar refractivity (Wildman–Crippen MR) is 96.1 cm³/mol. The monoisotopic (exact) mass is 381 g/mol. The van der Waals surface area contributed by atoms with E-state index in [0.717, 1.165) is 22.9 Å². The lowest BCUT2D eigenvalue weighted by molar-refractivity contribution is -0.125. The summed E-state index contributed by atoms with van der Waals surface area (Å²) in [6.07, 6.45) is 6.44. The van der Waals surface area contributed by atoms with Crippen LogP contribution in [0, 0.1) is 12.8 Å². The molecule has 1 aromatic rings. The van der Waals surface area contributed by atoms with Crippen LogP contribution in [0.1, 0.15) is 44.1 Å². The van der Waals surface area contributed by atoms with Crippen molar-refractivity contribution in [2.75, 3.05) is 17.6 Å². The van der Waals surface area contributed by atoms with E-state index in [1.54, 1.807) is 6.07 Å². The van der Waals surface area contributed by atoms with Crippen LogP contribution in [-0.2, 0) is 9.59 Å². The highest BCUT2D eigenvalue weighted by Gasteiger charge is 2.17. The van der Waals surface area contributed by atoms with Gasteiger partial charge in [0.1, 0.15) is 0 Å². The second-order valence-corrected chi connectivity index (χ2v) is 7.13. The molecular formula is C17H24BrN3O2. The Labute approximate surface area is 145 Å². The molecule has 6 heteroatoms. The summed E-state index contributed by atoms with van der Waals surface area (Å²) in [5.41, 5.74) is 7.94. The van der Waals surface area contributed by atoms with Crippen molar-refractivity contribution in [1.82, 2.24) is 5.32 Å². The van der Waals surface area contributed by atoms with Crippen molar-refractivity contribution in [3.8, 4) is 0 Å². The van der Waals surface area contributed by atoms with Crippen LogP contribution in [0.3, 0.4) is 0 Å². The van der Waals surface area contributed by atoms with Gasteiger partial charge in [0.2, 0.25) is 11.8 Å². The molecule has 4 N–H and O–H groups in total. The third kappa shape index (κ3) is 5.53. The van der Waals surface area contributed by atoms with Gasteiger partial charge in [-0.05, 0) is 43.4 Å². The number of nitrogens with two attached hydrogens (primary N) is 1. The minimum Gasteiger partial charge on any atom is -0.397 e. The molecule has 0 radical (unpaired) electrons. The Hall–Kier alpha value is -1.56. The van der Waals surface area contributed by atoms with Crippen molar-refractivity contribution in [3.63, 3.8) is 0 Å². The zero-order valence-electron chi connectivity index (χ0n) is 13.5. The number of halogens is 1. The van der Waals surface area contributed by atoms with E-state index in [1.165, 1.54) is 19.3 Å². The van der Waals surface area contributed by atoms with Gasteiger partial charge < -0.3 is 16.4 Å². The van der Waals surface area contributed by atoms with E-state index in [2.05, 4.69) is 26.6 Å². The van der Waals surface area contributed by atoms with Crippen molar-refractivity contribution in [3.05, 3.63) is 22.2 Å². The first-order chi connectivity index (χ1) is 11.0. The molecule has 0 saturated heterocycles. The summed E-state index contributed by atoms with van der Waals surface area (Å²) in [5, 5.41) is 5.44. The normalized spacial score (nSPS) is 15.2. The Bertz CT molecular complexity index is 583. The SMILES string of the molecule is Cc1cc(Br)cc(NC(=O)CNC(=O)CC2CCCCC2)c1N. The summed E-state index contributed by atoms with van der Waals surface area (Å²) < 4.78 is 0.848. The first-order valence-electron chi connectivity index (χ1n) is 8.08. The first kappa shape index (κ1) is 17.8. The van der Waals surface area contributed by atoms with Gasteiger partial charge in [-0.25, -0.2) is 0 Å². The van der Waals surface area contributed by atoms with Gasteiger partial charge in [0.25, 0.3) is 0 Å². The number of hydrogen-bond donors (Lipinski definition) is 3. The zero-order valence-corrected chi connectivity index (χ0v) is 15.0. The van der Waals surface area contributed by atoms with Crippen LogP contribution >= 0.6 is 15.9 Å². The topological polar surface area (TPSA) is 84.2 Å². The number of benzene rings is 1. The highest BCUT2D eigenvalue weighted by molar-refractivity contribution is 9.10. The fourth-order valence-electron chi connectivity index (χ4n) is 2.96. The average molecular weight is 382 g/mol. The van der Waals surface area contributed by atoms with Gasteiger partial charge in [-0.1, -0.05) is 35.2 Å². The minimum atomic E-state index is -0.272. The second kappa shape index (κ2) is 8.34. The number of carbonyl (C=O) groups is 2. The number of nitrogen functional groups attached to an aromatic ring is 1. The quantitative estimate of drug-likeness (QED) is 0.683. The number of nitrogens with one attached hydrogen (secondary N) is 2. The summed E-state index contributed by atoms with van der Waals surface area (Å²) in [6, 6.07) is 3.64. The lowest BCUT2D eigenvalue weighted by Gasteiger charge is -2.20. The Kier molecular flexibility index (Phi) is 6.45. The molecule has 0 unspecified atom stereocenters. The highest BCUT2D eigenvalue weighted by Crippen LogP contribution is 2.27. The highest BCUT2D eigenvalue weighted by atomic mass is 79.9. The second-order valence-electron chi connectivity index (χ2n) is 6.22. The van der Waals surface area contributed by atoms with Crippen molar-refractivity contribution >= 4 is 39.1 Å². The Balaban J connectivity index is 1.79. The maximum Gasteiger partial charge on any atom is 0.243 e. The molecule has 0 aliphatic heterocycles. The standard InChI is InChI=1S/C17H24BrN3O2/c1-11-7-13(18)9-14(17(11)19)21-16(23)10-20-15(22)8-12-5-3-2-4-6-12/h7,9,12H,2-6,8,10,19H2,1H3,(H,20,22)(H,21,23). The van der Waals surface area contributed by atoms with Gasteiger partial charge in [-0.3, -0.25) is 9.59 Å². The van der Waals surface area contributed by atoms with E-state index < -0.39 is 0 Å². The van der Waals surface area contributed by atoms with Crippen LogP contribution in [0.15, 0.2) is 16.6 Å². The number of carbonyl (C=O) groups excluding carboxylic acids is 2. The maximum absolute atomic E-state index is 12.0. The van der Waals surface area contributed by atoms with Crippen LogP contribution in [0.5, 0.6) is 0 Å². The van der Waals surface area contributed by atoms with E-state index in [-0.39, 0.29) is 18.4 Å². The van der Waals surface area contributed by atoms with E-state index in [4.69, 9.17) is 5.73 Å². The molecule has 2 rings (SSSR count). The zero-order chi connectivity index (χ0) is 16.8. The molecule has 0 aromatic heterocycles. The van der Waals surface area contributed by atoms with E-state index in [0.29, 0.717) is 23.7 Å². The molecule has 126 valence electrons. The first-order valence-corrected chi connectivity index (χ1v) is 8.87. The molecule has 0 heterocycles. The van der Waals surface area contributed by atoms with Crippen molar-refractivity contribution in [2.45, 2.75) is 45.4 Å². The molecule has 0 atom stereocenters. The number of amides is 2. The van der Waals surface area contributed by atoms with Gasteiger partial charge in [0.15, 0.2) is 0 Å². The number of anilines is 2. The van der Waals surface area contributed by atoms with Crippen LogP contribution in [-0.4, -0.2) is 18.4 Å². The molecule has 23 heavy (non-hydrogen) atoms. The van der Waals surface area contributed by atoms with Crippen molar-refractivity contribution in [2.24, 2.45) is 5.92 Å². The fourth-order valence-corrected chi connectivity index (χ4v) is 3.53. The Morgan fingerprint density at radius 2 is 1.91 bits per heavy atom. The molecule has 1 aliphatic carbocycles. The number of aryl methyl sites for hydroxylation is 1. The molecule has 1 aromatic carbocycles. The van der Waals surface area contributed by atoms with E-state index >= 15 is 0 Å². The molecule has 1 fully saturated rings. The smallest absolute Gasteiger partial charge is 0.243 e. The molecule has 1 saturated carbocycles. The fraction of sp³-hybridized carbons (Fsp3) is 0.529. The molecular weight excluding hydrogens is 358 g/mol. The van der Waals surface area contributed by atoms with Gasteiger partial charge in [0.05, 0.1) is 17.9 Å². The van der Waals surface area contributed by atoms with Crippen molar-refractivity contribution in [1.29, 1.82) is 0 Å². The lowest BCUT2D eigenvalue weighted by Crippen LogP contribution is -2.34. The van der Waals surface area contributed by atoms with Gasteiger partial charge in [-0.15, -0.1) is 0 Å². The molecule has 2 amide bonds. The van der Waals surface area contributed by atoms with Gasteiger partial charge >= 0.3 is 0 Å². The van der Waals surface area contributed by atoms with E-state index in [1.807, 2.05) is 13.0 Å². The summed E-state index contributed by atoms with van der Waals surface area (Å²) in [6.45, 7) is 1.85. The molecule has 1 aliphatic rings. The molecule has 0 spiro atoms. The van der Waals surface area contributed by atoms with Crippen LogP contribution < -0.4 is 16.4 Å². The van der Waals surface area contributed by atoms with Gasteiger partial charge in [0, 0.05) is 10.9 Å². The Morgan fingerprint density at radius 1 is 1.22 bits per heavy atom. The summed E-state index contributed by atoms with van der Waals surface area (Å²) in [7, 11) is 0. The van der Waals surface area contributed by atoms with E-state index in [9.17, 15) is 9.59 Å². The molecule has 0 bridgehead atoms. The minimum absolute atomic E-state index is 0.0312. The average Bonchev–Trinajstić information content (AvgIpc) is 2.51. The summed E-state index contributed by atoms with van der Waals surface area (Å²) in [4.78, 5) is 23.9. The summed E-state index contributed by atoms with van der Waals surface area (Å²) in [5.74, 6) is 0.145.